The zero-order valence-electron chi connectivity index (χ0n) is 19.6. The highest BCUT2D eigenvalue weighted by Gasteiger charge is 2.46. The molecule has 2 amide bonds. The van der Waals surface area contributed by atoms with Crippen molar-refractivity contribution in [3.63, 3.8) is 0 Å². The van der Waals surface area contributed by atoms with Gasteiger partial charge in [0.2, 0.25) is 0 Å². The number of hydrogen-bond acceptors (Lipinski definition) is 4. The first kappa shape index (κ1) is 25.6. The lowest BCUT2D eigenvalue weighted by atomic mass is 9.88. The van der Waals surface area contributed by atoms with E-state index in [9.17, 15) is 35.9 Å². The van der Waals surface area contributed by atoms with E-state index in [1.165, 1.54) is 27.8 Å². The number of amides is 2. The van der Waals surface area contributed by atoms with E-state index in [-0.39, 0.29) is 18.7 Å². The average molecular weight is 538 g/mol. The summed E-state index contributed by atoms with van der Waals surface area (Å²) in [5.41, 5.74) is 1.25. The van der Waals surface area contributed by atoms with Crippen LogP contribution >= 0.6 is 0 Å². The Hall–Kier alpha value is -4.03. The minimum absolute atomic E-state index is 0.0706. The van der Waals surface area contributed by atoms with Crippen molar-refractivity contribution in [3.05, 3.63) is 60.4 Å². The van der Waals surface area contributed by atoms with Crippen LogP contribution in [0.3, 0.4) is 0 Å². The zero-order chi connectivity index (χ0) is 27.4. The number of alkyl halides is 5. The molecule has 1 saturated carbocycles. The molecule has 3 aromatic rings. The first-order valence-corrected chi connectivity index (χ1v) is 11.5. The standard InChI is InChI=1S/C25H20F6N4O3/c1-13(26)23(37)34-11-16(12-34)35-21-18(3-2-4-19(21)22(36)32-15-9-24(27,28)10-15)20(33-35)14-5-7-17(8-6-14)38-25(29,30)31/h2-8,15-16H,1,9-12H2,(H,32,36). The molecule has 0 atom stereocenters. The van der Waals surface area contributed by atoms with Gasteiger partial charge in [0.1, 0.15) is 11.4 Å². The van der Waals surface area contributed by atoms with Crippen molar-refractivity contribution < 1.29 is 40.7 Å². The van der Waals surface area contributed by atoms with Crippen LogP contribution in [0, 0.1) is 0 Å². The lowest BCUT2D eigenvalue weighted by Gasteiger charge is -2.39. The van der Waals surface area contributed by atoms with Gasteiger partial charge in [-0.25, -0.2) is 13.2 Å². The third-order valence-electron chi connectivity index (χ3n) is 6.49. The molecule has 200 valence electrons. The molecule has 1 aliphatic heterocycles. The maximum absolute atomic E-state index is 13.3. The number of hydrogen-bond donors (Lipinski definition) is 1. The van der Waals surface area contributed by atoms with Gasteiger partial charge in [0.25, 0.3) is 17.7 Å². The number of nitrogens with one attached hydrogen (secondary N) is 1. The second-order valence-corrected chi connectivity index (χ2v) is 9.27. The molecule has 0 spiro atoms. The Labute approximate surface area is 211 Å². The number of para-hydroxylation sites is 1. The predicted molar refractivity (Wildman–Crippen MR) is 123 cm³/mol. The smallest absolute Gasteiger partial charge is 0.406 e. The molecule has 7 nitrogen and oxygen atoms in total. The fourth-order valence-electron chi connectivity index (χ4n) is 4.64. The Morgan fingerprint density at radius 2 is 1.74 bits per heavy atom. The highest BCUT2D eigenvalue weighted by atomic mass is 19.4. The van der Waals surface area contributed by atoms with Crippen LogP contribution in [0.15, 0.2) is 54.9 Å². The van der Waals surface area contributed by atoms with E-state index in [0.29, 0.717) is 22.2 Å². The van der Waals surface area contributed by atoms with Gasteiger partial charge in [0.05, 0.1) is 17.1 Å². The molecule has 2 heterocycles. The van der Waals surface area contributed by atoms with Crippen LogP contribution in [0.4, 0.5) is 26.3 Å². The quantitative estimate of drug-likeness (QED) is 0.354. The Bertz CT molecular complexity index is 1420. The van der Waals surface area contributed by atoms with Crippen LogP contribution in [-0.2, 0) is 4.79 Å². The van der Waals surface area contributed by atoms with Gasteiger partial charge < -0.3 is 15.0 Å². The molecule has 13 heteroatoms. The summed E-state index contributed by atoms with van der Waals surface area (Å²) in [7, 11) is 0. The highest BCUT2D eigenvalue weighted by Crippen LogP contribution is 2.39. The van der Waals surface area contributed by atoms with Crippen molar-refractivity contribution in [2.45, 2.75) is 37.2 Å². The molecule has 0 radical (unpaired) electrons. The number of rotatable bonds is 6. The third kappa shape index (κ3) is 4.92. The first-order valence-electron chi connectivity index (χ1n) is 11.5. The molecular formula is C25H20F6N4O3. The van der Waals surface area contributed by atoms with Crippen LogP contribution in [0.25, 0.3) is 22.2 Å². The molecule has 2 fully saturated rings. The fourth-order valence-corrected chi connectivity index (χ4v) is 4.64. The Morgan fingerprint density at radius 3 is 2.32 bits per heavy atom. The Kier molecular flexibility index (Phi) is 6.11. The van der Waals surface area contributed by atoms with E-state index in [4.69, 9.17) is 0 Å². The summed E-state index contributed by atoms with van der Waals surface area (Å²) in [6.07, 6.45) is -5.81. The fraction of sp³-hybridized carbons (Fsp3) is 0.320. The summed E-state index contributed by atoms with van der Waals surface area (Å²) >= 11 is 0. The maximum Gasteiger partial charge on any atom is 0.573 e. The van der Waals surface area contributed by atoms with Crippen LogP contribution in [-0.4, -0.2) is 57.9 Å². The topological polar surface area (TPSA) is 76.5 Å². The van der Waals surface area contributed by atoms with Crippen LogP contribution < -0.4 is 10.1 Å². The number of carbonyl (C=O) groups excluding carboxylic acids is 2. The molecular weight excluding hydrogens is 518 g/mol. The van der Waals surface area contributed by atoms with Crippen molar-refractivity contribution in [1.29, 1.82) is 0 Å². The van der Waals surface area contributed by atoms with Crippen molar-refractivity contribution in [3.8, 4) is 17.0 Å². The molecule has 2 aromatic carbocycles. The van der Waals surface area contributed by atoms with E-state index in [2.05, 4.69) is 21.7 Å². The lowest BCUT2D eigenvalue weighted by Crippen LogP contribution is -2.51. The summed E-state index contributed by atoms with van der Waals surface area (Å²) < 4.78 is 83.0. The number of halogens is 6. The Morgan fingerprint density at radius 1 is 1.08 bits per heavy atom. The summed E-state index contributed by atoms with van der Waals surface area (Å²) in [4.78, 5) is 26.2. The second-order valence-electron chi connectivity index (χ2n) is 9.27. The molecule has 2 aliphatic rings. The SMILES string of the molecule is C=C(F)C(=O)N1CC(n2nc(-c3ccc(OC(F)(F)F)cc3)c3cccc(C(=O)NC4CC(F)(F)C4)c32)C1. The van der Waals surface area contributed by atoms with Gasteiger partial charge in [-0.2, -0.15) is 5.10 Å². The van der Waals surface area contributed by atoms with E-state index >= 15 is 0 Å². The molecule has 5 rings (SSSR count). The zero-order valence-corrected chi connectivity index (χ0v) is 19.6. The van der Waals surface area contributed by atoms with Gasteiger partial charge in [-0.05, 0) is 30.3 Å². The van der Waals surface area contributed by atoms with Gasteiger partial charge in [-0.1, -0.05) is 18.7 Å². The number of fused-ring (bicyclic) bond motifs is 1. The van der Waals surface area contributed by atoms with Gasteiger partial charge in [-0.3, -0.25) is 14.3 Å². The number of benzene rings is 2. The van der Waals surface area contributed by atoms with Crippen LogP contribution in [0.2, 0.25) is 0 Å². The normalized spacial score (nSPS) is 17.6. The largest absolute Gasteiger partial charge is 0.573 e. The van der Waals surface area contributed by atoms with Gasteiger partial charge >= 0.3 is 6.36 Å². The molecule has 1 N–H and O–H groups in total. The number of aromatic nitrogens is 2. The number of likely N-dealkylation sites (tertiary alicyclic amines) is 1. The lowest BCUT2D eigenvalue weighted by molar-refractivity contribution is -0.274. The third-order valence-corrected chi connectivity index (χ3v) is 6.49. The van der Waals surface area contributed by atoms with Crippen LogP contribution in [0.1, 0.15) is 29.2 Å². The monoisotopic (exact) mass is 538 g/mol. The number of carbonyl (C=O) groups is 2. The molecule has 0 bridgehead atoms. The van der Waals surface area contributed by atoms with Gasteiger partial charge in [0, 0.05) is 42.9 Å². The van der Waals surface area contributed by atoms with E-state index in [1.54, 1.807) is 12.1 Å². The highest BCUT2D eigenvalue weighted by molar-refractivity contribution is 6.09. The van der Waals surface area contributed by atoms with Gasteiger partial charge in [-0.15, -0.1) is 13.2 Å². The molecule has 38 heavy (non-hydrogen) atoms. The molecule has 1 aromatic heterocycles. The summed E-state index contributed by atoms with van der Waals surface area (Å²) in [6.45, 7) is 3.14. The predicted octanol–water partition coefficient (Wildman–Crippen LogP) is 5.00. The molecule has 0 unspecified atom stereocenters. The second kappa shape index (κ2) is 9.07. The minimum Gasteiger partial charge on any atom is -0.406 e. The van der Waals surface area contributed by atoms with Crippen molar-refractivity contribution in [1.82, 2.24) is 20.0 Å². The first-order chi connectivity index (χ1) is 17.8. The van der Waals surface area contributed by atoms with Gasteiger partial charge in [0.15, 0.2) is 5.83 Å². The Balaban J connectivity index is 1.52. The van der Waals surface area contributed by atoms with Crippen molar-refractivity contribution in [2.24, 2.45) is 0 Å². The van der Waals surface area contributed by atoms with E-state index < -0.39 is 60.6 Å². The van der Waals surface area contributed by atoms with Crippen LogP contribution in [0.5, 0.6) is 5.75 Å². The average Bonchev–Trinajstić information content (AvgIpc) is 3.15. The van der Waals surface area contributed by atoms with E-state index in [1.807, 2.05) is 0 Å². The number of nitrogens with zero attached hydrogens (tertiary/aromatic N) is 3. The molecule has 1 saturated heterocycles. The molecule has 1 aliphatic carbocycles. The summed E-state index contributed by atoms with van der Waals surface area (Å²) in [5.74, 6) is -5.84. The number of ether oxygens (including phenoxy) is 1. The summed E-state index contributed by atoms with van der Waals surface area (Å²) in [6, 6.07) is 8.58. The minimum atomic E-state index is -4.86. The summed E-state index contributed by atoms with van der Waals surface area (Å²) in [5, 5.41) is 7.67. The van der Waals surface area contributed by atoms with Crippen molar-refractivity contribution >= 4 is 22.7 Å². The van der Waals surface area contributed by atoms with E-state index in [0.717, 1.165) is 12.1 Å². The van der Waals surface area contributed by atoms with Crippen molar-refractivity contribution in [2.75, 3.05) is 13.1 Å². The maximum atomic E-state index is 13.3.